The molecule has 0 aliphatic carbocycles. The van der Waals surface area contributed by atoms with E-state index in [0.29, 0.717) is 17.2 Å². The molecule has 1 aromatic heterocycles. The molecule has 0 bridgehead atoms. The van der Waals surface area contributed by atoms with Crippen molar-refractivity contribution in [2.24, 2.45) is 0 Å². The minimum Gasteiger partial charge on any atom is -0.369 e. The topological polar surface area (TPSA) is 77.2 Å². The number of fused-ring (bicyclic) bond motifs is 1. The van der Waals surface area contributed by atoms with Crippen LogP contribution in [0.1, 0.15) is 41.5 Å². The van der Waals surface area contributed by atoms with Crippen molar-refractivity contribution in [3.63, 3.8) is 0 Å². The normalized spacial score (nSPS) is 10.8. The largest absolute Gasteiger partial charge is 0.369 e. The zero-order chi connectivity index (χ0) is 19.4. The standard InChI is InChI=1S/C21H24N4O2/c1-4-25(14(2)3)16-11-9-15(10-12-16)20(26)23-24-21(27)18-13-22-19-8-6-5-7-17(18)19/h5-14,22H,4H2,1-3H3,(H,23,26)(H,24,27). The summed E-state index contributed by atoms with van der Waals surface area (Å²) in [5.74, 6) is -0.725. The van der Waals surface area contributed by atoms with Crippen molar-refractivity contribution in [1.29, 1.82) is 0 Å². The third kappa shape index (κ3) is 3.95. The predicted molar refractivity (Wildman–Crippen MR) is 108 cm³/mol. The molecule has 3 N–H and O–H groups in total. The van der Waals surface area contributed by atoms with E-state index in [2.05, 4.69) is 41.5 Å². The van der Waals surface area contributed by atoms with E-state index in [1.807, 2.05) is 36.4 Å². The number of rotatable bonds is 5. The van der Waals surface area contributed by atoms with Gasteiger partial charge in [0, 0.05) is 40.9 Å². The second kappa shape index (κ2) is 7.95. The maximum Gasteiger partial charge on any atom is 0.271 e. The number of carbonyl (C=O) groups is 2. The fraction of sp³-hybridized carbons (Fsp3) is 0.238. The van der Waals surface area contributed by atoms with Crippen LogP contribution < -0.4 is 15.8 Å². The molecule has 0 saturated carbocycles. The Hall–Kier alpha value is -3.28. The average Bonchev–Trinajstić information content (AvgIpc) is 3.11. The van der Waals surface area contributed by atoms with E-state index >= 15 is 0 Å². The Labute approximate surface area is 158 Å². The first-order valence-corrected chi connectivity index (χ1v) is 9.04. The van der Waals surface area contributed by atoms with Gasteiger partial charge in [-0.2, -0.15) is 0 Å². The molecule has 3 aromatic rings. The first-order chi connectivity index (χ1) is 13.0. The highest BCUT2D eigenvalue weighted by Gasteiger charge is 2.14. The summed E-state index contributed by atoms with van der Waals surface area (Å²) in [6, 6.07) is 15.2. The zero-order valence-corrected chi connectivity index (χ0v) is 15.7. The lowest BCUT2D eigenvalue weighted by atomic mass is 10.1. The van der Waals surface area contributed by atoms with Crippen LogP contribution in [0, 0.1) is 0 Å². The molecule has 6 nitrogen and oxygen atoms in total. The summed E-state index contributed by atoms with van der Waals surface area (Å²) in [4.78, 5) is 30.0. The predicted octanol–water partition coefficient (Wildman–Crippen LogP) is 3.48. The SMILES string of the molecule is CCN(c1ccc(C(=O)NNC(=O)c2c[nH]c3ccccc23)cc1)C(C)C. The molecule has 0 radical (unpaired) electrons. The summed E-state index contributed by atoms with van der Waals surface area (Å²) in [5.41, 5.74) is 7.84. The molecule has 0 spiro atoms. The number of hydrazine groups is 1. The van der Waals surface area contributed by atoms with Crippen LogP contribution in [0.4, 0.5) is 5.69 Å². The molecule has 0 fully saturated rings. The first kappa shape index (κ1) is 18.5. The summed E-state index contributed by atoms with van der Waals surface area (Å²) >= 11 is 0. The Morgan fingerprint density at radius 3 is 2.33 bits per heavy atom. The highest BCUT2D eigenvalue weighted by molar-refractivity contribution is 6.07. The number of nitrogens with one attached hydrogen (secondary N) is 3. The van der Waals surface area contributed by atoms with Gasteiger partial charge in [-0.15, -0.1) is 0 Å². The van der Waals surface area contributed by atoms with Crippen molar-refractivity contribution in [2.75, 3.05) is 11.4 Å². The third-order valence-corrected chi connectivity index (χ3v) is 4.55. The molecule has 3 rings (SSSR count). The number of para-hydroxylation sites is 1. The second-order valence-electron chi connectivity index (χ2n) is 6.58. The average molecular weight is 364 g/mol. The van der Waals surface area contributed by atoms with Crippen LogP contribution in [0.15, 0.2) is 54.7 Å². The van der Waals surface area contributed by atoms with E-state index in [4.69, 9.17) is 0 Å². The van der Waals surface area contributed by atoms with Crippen molar-refractivity contribution >= 4 is 28.4 Å². The van der Waals surface area contributed by atoms with Crippen LogP contribution in [-0.4, -0.2) is 29.4 Å². The molecule has 0 aliphatic rings. The van der Waals surface area contributed by atoms with E-state index in [9.17, 15) is 9.59 Å². The van der Waals surface area contributed by atoms with Gasteiger partial charge in [0.25, 0.3) is 11.8 Å². The van der Waals surface area contributed by atoms with Crippen LogP contribution in [0.2, 0.25) is 0 Å². The third-order valence-electron chi connectivity index (χ3n) is 4.55. The van der Waals surface area contributed by atoms with Crippen molar-refractivity contribution in [3.05, 3.63) is 65.9 Å². The van der Waals surface area contributed by atoms with Gasteiger partial charge < -0.3 is 9.88 Å². The summed E-state index contributed by atoms with van der Waals surface area (Å²) in [6.45, 7) is 7.25. The van der Waals surface area contributed by atoms with Gasteiger partial charge in [-0.25, -0.2) is 0 Å². The number of aromatic nitrogens is 1. The van der Waals surface area contributed by atoms with Crippen molar-refractivity contribution in [3.8, 4) is 0 Å². The quantitative estimate of drug-likeness (QED) is 0.607. The smallest absolute Gasteiger partial charge is 0.271 e. The number of hydrogen-bond donors (Lipinski definition) is 3. The summed E-state index contributed by atoms with van der Waals surface area (Å²) in [6.07, 6.45) is 1.63. The van der Waals surface area contributed by atoms with Crippen molar-refractivity contribution in [1.82, 2.24) is 15.8 Å². The summed E-state index contributed by atoms with van der Waals surface area (Å²) in [7, 11) is 0. The lowest BCUT2D eigenvalue weighted by Gasteiger charge is -2.27. The van der Waals surface area contributed by atoms with Crippen LogP contribution in [-0.2, 0) is 0 Å². The van der Waals surface area contributed by atoms with Gasteiger partial charge >= 0.3 is 0 Å². The molecule has 140 valence electrons. The number of anilines is 1. The van der Waals surface area contributed by atoms with Gasteiger partial charge in [-0.05, 0) is 51.1 Å². The van der Waals surface area contributed by atoms with E-state index in [1.165, 1.54) is 0 Å². The van der Waals surface area contributed by atoms with Crippen molar-refractivity contribution < 1.29 is 9.59 Å². The van der Waals surface area contributed by atoms with E-state index in [-0.39, 0.29) is 11.8 Å². The fourth-order valence-electron chi connectivity index (χ4n) is 3.16. The van der Waals surface area contributed by atoms with Crippen LogP contribution in [0.25, 0.3) is 10.9 Å². The molecule has 6 heteroatoms. The van der Waals surface area contributed by atoms with Crippen molar-refractivity contribution in [2.45, 2.75) is 26.8 Å². The molecule has 0 atom stereocenters. The summed E-state index contributed by atoms with van der Waals surface area (Å²) < 4.78 is 0. The molecule has 2 aromatic carbocycles. The molecular formula is C21H24N4O2. The second-order valence-corrected chi connectivity index (χ2v) is 6.58. The molecule has 2 amide bonds. The van der Waals surface area contributed by atoms with E-state index in [1.54, 1.807) is 18.3 Å². The maximum atomic E-state index is 12.4. The lowest BCUT2D eigenvalue weighted by Crippen LogP contribution is -2.41. The lowest BCUT2D eigenvalue weighted by molar-refractivity contribution is 0.0847. The molecular weight excluding hydrogens is 340 g/mol. The monoisotopic (exact) mass is 364 g/mol. The molecule has 0 unspecified atom stereocenters. The number of H-pyrrole nitrogens is 1. The Balaban J connectivity index is 1.64. The Kier molecular flexibility index (Phi) is 5.45. The number of nitrogens with zero attached hydrogens (tertiary/aromatic N) is 1. The van der Waals surface area contributed by atoms with Crippen LogP contribution in [0.5, 0.6) is 0 Å². The fourth-order valence-corrected chi connectivity index (χ4v) is 3.16. The maximum absolute atomic E-state index is 12.4. The minimum atomic E-state index is -0.366. The van der Waals surface area contributed by atoms with Gasteiger partial charge in [-0.3, -0.25) is 20.4 Å². The van der Waals surface area contributed by atoms with Crippen LogP contribution in [0.3, 0.4) is 0 Å². The molecule has 1 heterocycles. The number of benzene rings is 2. The molecule has 0 aliphatic heterocycles. The van der Waals surface area contributed by atoms with Crippen LogP contribution >= 0.6 is 0 Å². The Bertz CT molecular complexity index is 944. The zero-order valence-electron chi connectivity index (χ0n) is 15.7. The molecule has 0 saturated heterocycles. The highest BCUT2D eigenvalue weighted by atomic mass is 16.2. The van der Waals surface area contributed by atoms with Gasteiger partial charge in [0.15, 0.2) is 0 Å². The van der Waals surface area contributed by atoms with Gasteiger partial charge in [-0.1, -0.05) is 18.2 Å². The highest BCUT2D eigenvalue weighted by Crippen LogP contribution is 2.18. The van der Waals surface area contributed by atoms with E-state index < -0.39 is 0 Å². The Morgan fingerprint density at radius 2 is 1.67 bits per heavy atom. The Morgan fingerprint density at radius 1 is 1.00 bits per heavy atom. The first-order valence-electron chi connectivity index (χ1n) is 9.04. The minimum absolute atomic E-state index is 0.359. The number of carbonyl (C=O) groups excluding carboxylic acids is 2. The van der Waals surface area contributed by atoms with Gasteiger partial charge in [0.05, 0.1) is 5.56 Å². The number of amides is 2. The van der Waals surface area contributed by atoms with E-state index in [0.717, 1.165) is 23.1 Å². The van der Waals surface area contributed by atoms with Gasteiger partial charge in [0.2, 0.25) is 0 Å². The number of hydrogen-bond acceptors (Lipinski definition) is 3. The molecule has 27 heavy (non-hydrogen) atoms. The summed E-state index contributed by atoms with van der Waals surface area (Å²) in [5, 5.41) is 0.807. The number of aromatic amines is 1. The van der Waals surface area contributed by atoms with Gasteiger partial charge in [0.1, 0.15) is 0 Å².